The average Bonchev–Trinajstić information content (AvgIpc) is 3.03. The standard InChI is InChI=1S/C16H12BrN3OS/c17-14-4-2-1-3-13(14)15(21)19-9-12-10-22-16(20-12)11-5-7-18-8-6-11/h1-8,10H,9H2,(H,19,21). The summed E-state index contributed by atoms with van der Waals surface area (Å²) in [4.78, 5) is 20.7. The third-order valence-electron chi connectivity index (χ3n) is 3.03. The zero-order chi connectivity index (χ0) is 15.4. The maximum Gasteiger partial charge on any atom is 0.252 e. The predicted molar refractivity (Wildman–Crippen MR) is 90.7 cm³/mol. The molecular weight excluding hydrogens is 362 g/mol. The molecule has 0 radical (unpaired) electrons. The van der Waals surface area contributed by atoms with Crippen molar-refractivity contribution in [3.05, 3.63) is 69.9 Å². The fraction of sp³-hybridized carbons (Fsp3) is 0.0625. The maximum atomic E-state index is 12.1. The second-order valence-electron chi connectivity index (χ2n) is 4.54. The monoisotopic (exact) mass is 373 g/mol. The van der Waals surface area contributed by atoms with Gasteiger partial charge in [-0.05, 0) is 40.2 Å². The number of hydrogen-bond donors (Lipinski definition) is 1. The Hall–Kier alpha value is -2.05. The predicted octanol–water partition coefficient (Wildman–Crippen LogP) is 3.90. The quantitative estimate of drug-likeness (QED) is 0.754. The van der Waals surface area contributed by atoms with Gasteiger partial charge in [0.15, 0.2) is 0 Å². The Bertz CT molecular complexity index is 789. The van der Waals surface area contributed by atoms with E-state index < -0.39 is 0 Å². The van der Waals surface area contributed by atoms with Crippen molar-refractivity contribution in [2.24, 2.45) is 0 Å². The molecule has 2 aromatic heterocycles. The largest absolute Gasteiger partial charge is 0.346 e. The molecule has 3 aromatic rings. The summed E-state index contributed by atoms with van der Waals surface area (Å²) in [6.07, 6.45) is 3.48. The van der Waals surface area contributed by atoms with Crippen molar-refractivity contribution in [1.82, 2.24) is 15.3 Å². The molecule has 0 saturated heterocycles. The molecule has 0 fully saturated rings. The van der Waals surface area contributed by atoms with Crippen molar-refractivity contribution < 1.29 is 4.79 Å². The number of nitrogens with zero attached hydrogens (tertiary/aromatic N) is 2. The zero-order valence-electron chi connectivity index (χ0n) is 11.5. The van der Waals surface area contributed by atoms with Crippen LogP contribution in [0.1, 0.15) is 16.1 Å². The van der Waals surface area contributed by atoms with Gasteiger partial charge in [-0.15, -0.1) is 11.3 Å². The molecule has 0 unspecified atom stereocenters. The van der Waals surface area contributed by atoms with Crippen LogP contribution in [-0.4, -0.2) is 15.9 Å². The molecule has 0 bridgehead atoms. The highest BCUT2D eigenvalue weighted by Gasteiger charge is 2.10. The molecule has 2 heterocycles. The molecule has 0 spiro atoms. The number of thiazole rings is 1. The van der Waals surface area contributed by atoms with Crippen LogP contribution in [0.15, 0.2) is 58.6 Å². The second-order valence-corrected chi connectivity index (χ2v) is 6.25. The SMILES string of the molecule is O=C(NCc1csc(-c2ccncc2)n1)c1ccccc1Br. The van der Waals surface area contributed by atoms with Crippen molar-refractivity contribution in [2.45, 2.75) is 6.54 Å². The summed E-state index contributed by atoms with van der Waals surface area (Å²) in [5.74, 6) is -0.120. The summed E-state index contributed by atoms with van der Waals surface area (Å²) in [5, 5.41) is 5.76. The molecular formula is C16H12BrN3OS. The first-order valence-electron chi connectivity index (χ1n) is 6.61. The number of carbonyl (C=O) groups is 1. The van der Waals surface area contributed by atoms with Crippen molar-refractivity contribution >= 4 is 33.2 Å². The minimum absolute atomic E-state index is 0.120. The first-order valence-corrected chi connectivity index (χ1v) is 8.29. The Balaban J connectivity index is 1.67. The van der Waals surface area contributed by atoms with E-state index in [2.05, 4.69) is 31.2 Å². The van der Waals surface area contributed by atoms with Gasteiger partial charge in [0.05, 0.1) is 17.8 Å². The summed E-state index contributed by atoms with van der Waals surface area (Å²) in [5.41, 5.74) is 2.49. The van der Waals surface area contributed by atoms with Gasteiger partial charge in [0.2, 0.25) is 0 Å². The molecule has 1 amide bonds. The van der Waals surface area contributed by atoms with Crippen LogP contribution in [0, 0.1) is 0 Å². The molecule has 0 aliphatic rings. The van der Waals surface area contributed by atoms with E-state index in [1.54, 1.807) is 29.8 Å². The number of hydrogen-bond acceptors (Lipinski definition) is 4. The highest BCUT2D eigenvalue weighted by molar-refractivity contribution is 9.10. The summed E-state index contributed by atoms with van der Waals surface area (Å²) in [7, 11) is 0. The van der Waals surface area contributed by atoms with Crippen molar-refractivity contribution in [3.8, 4) is 10.6 Å². The van der Waals surface area contributed by atoms with Crippen LogP contribution in [-0.2, 0) is 6.54 Å². The highest BCUT2D eigenvalue weighted by Crippen LogP contribution is 2.23. The molecule has 6 heteroatoms. The first kappa shape index (κ1) is 14.9. The number of rotatable bonds is 4. The topological polar surface area (TPSA) is 54.9 Å². The molecule has 0 aliphatic heterocycles. The normalized spacial score (nSPS) is 10.4. The Labute approximate surface area is 140 Å². The van der Waals surface area contributed by atoms with E-state index in [0.29, 0.717) is 12.1 Å². The van der Waals surface area contributed by atoms with E-state index in [1.807, 2.05) is 35.7 Å². The molecule has 110 valence electrons. The fourth-order valence-electron chi connectivity index (χ4n) is 1.93. The van der Waals surface area contributed by atoms with Crippen LogP contribution in [0.3, 0.4) is 0 Å². The van der Waals surface area contributed by atoms with Crippen LogP contribution in [0.2, 0.25) is 0 Å². The summed E-state index contributed by atoms with van der Waals surface area (Å²) in [6, 6.07) is 11.2. The van der Waals surface area contributed by atoms with E-state index >= 15 is 0 Å². The maximum absolute atomic E-state index is 12.1. The Morgan fingerprint density at radius 1 is 1.18 bits per heavy atom. The summed E-state index contributed by atoms with van der Waals surface area (Å²) >= 11 is 4.93. The number of pyridine rings is 1. The van der Waals surface area contributed by atoms with Gasteiger partial charge in [0, 0.05) is 27.8 Å². The van der Waals surface area contributed by atoms with Crippen LogP contribution in [0.5, 0.6) is 0 Å². The lowest BCUT2D eigenvalue weighted by Gasteiger charge is -2.05. The van der Waals surface area contributed by atoms with E-state index in [4.69, 9.17) is 0 Å². The van der Waals surface area contributed by atoms with Crippen LogP contribution < -0.4 is 5.32 Å². The summed E-state index contributed by atoms with van der Waals surface area (Å²) < 4.78 is 0.781. The van der Waals surface area contributed by atoms with Gasteiger partial charge in [-0.3, -0.25) is 9.78 Å². The third kappa shape index (κ3) is 3.40. The number of aromatic nitrogens is 2. The van der Waals surface area contributed by atoms with Gasteiger partial charge in [-0.1, -0.05) is 12.1 Å². The Kier molecular flexibility index (Phi) is 4.60. The van der Waals surface area contributed by atoms with Gasteiger partial charge in [-0.2, -0.15) is 0 Å². The average molecular weight is 374 g/mol. The van der Waals surface area contributed by atoms with Crippen molar-refractivity contribution in [3.63, 3.8) is 0 Å². The zero-order valence-corrected chi connectivity index (χ0v) is 13.9. The number of halogens is 1. The lowest BCUT2D eigenvalue weighted by Crippen LogP contribution is -2.23. The van der Waals surface area contributed by atoms with Gasteiger partial charge >= 0.3 is 0 Å². The number of nitrogens with one attached hydrogen (secondary N) is 1. The molecule has 22 heavy (non-hydrogen) atoms. The lowest BCUT2D eigenvalue weighted by atomic mass is 10.2. The number of amides is 1. The van der Waals surface area contributed by atoms with Gasteiger partial charge in [0.1, 0.15) is 5.01 Å². The number of benzene rings is 1. The van der Waals surface area contributed by atoms with Gasteiger partial charge in [-0.25, -0.2) is 4.98 Å². The smallest absolute Gasteiger partial charge is 0.252 e. The molecule has 0 aliphatic carbocycles. The van der Waals surface area contributed by atoms with Crippen molar-refractivity contribution in [2.75, 3.05) is 0 Å². The highest BCUT2D eigenvalue weighted by atomic mass is 79.9. The van der Waals surface area contributed by atoms with E-state index in [1.165, 1.54) is 0 Å². The van der Waals surface area contributed by atoms with Gasteiger partial charge < -0.3 is 5.32 Å². The van der Waals surface area contributed by atoms with E-state index in [9.17, 15) is 4.79 Å². The molecule has 3 rings (SSSR count). The molecule has 1 aromatic carbocycles. The minimum atomic E-state index is -0.120. The molecule has 0 atom stereocenters. The minimum Gasteiger partial charge on any atom is -0.346 e. The molecule has 1 N–H and O–H groups in total. The molecule has 4 nitrogen and oxygen atoms in total. The Morgan fingerprint density at radius 3 is 2.73 bits per heavy atom. The van der Waals surface area contributed by atoms with E-state index in [-0.39, 0.29) is 5.91 Å². The van der Waals surface area contributed by atoms with Crippen LogP contribution in [0.25, 0.3) is 10.6 Å². The first-order chi connectivity index (χ1) is 10.7. The van der Waals surface area contributed by atoms with E-state index in [0.717, 1.165) is 20.7 Å². The van der Waals surface area contributed by atoms with Crippen molar-refractivity contribution in [1.29, 1.82) is 0 Å². The summed E-state index contributed by atoms with van der Waals surface area (Å²) in [6.45, 7) is 0.405. The Morgan fingerprint density at radius 2 is 1.95 bits per heavy atom. The van der Waals surface area contributed by atoms with Gasteiger partial charge in [0.25, 0.3) is 5.91 Å². The number of carbonyl (C=O) groups excluding carboxylic acids is 1. The third-order valence-corrected chi connectivity index (χ3v) is 4.66. The molecule has 0 saturated carbocycles. The fourth-order valence-corrected chi connectivity index (χ4v) is 3.22. The van der Waals surface area contributed by atoms with Crippen LogP contribution >= 0.6 is 27.3 Å². The lowest BCUT2D eigenvalue weighted by molar-refractivity contribution is 0.0949. The second kappa shape index (κ2) is 6.81. The van der Waals surface area contributed by atoms with Crippen LogP contribution in [0.4, 0.5) is 0 Å².